The summed E-state index contributed by atoms with van der Waals surface area (Å²) >= 11 is 1.41. The molecule has 0 saturated heterocycles. The molecular formula is C17H19N7S. The van der Waals surface area contributed by atoms with Gasteiger partial charge in [-0.15, -0.1) is 0 Å². The summed E-state index contributed by atoms with van der Waals surface area (Å²) in [5.74, 6) is 0. The zero-order chi connectivity index (χ0) is 17.8. The molecule has 0 saturated carbocycles. The van der Waals surface area contributed by atoms with Gasteiger partial charge in [0.1, 0.15) is 16.4 Å². The Hall–Kier alpha value is -3.00. The Labute approximate surface area is 150 Å². The molecule has 5 N–H and O–H groups in total. The van der Waals surface area contributed by atoms with Gasteiger partial charge in [0.25, 0.3) is 0 Å². The third-order valence-corrected chi connectivity index (χ3v) is 4.41. The van der Waals surface area contributed by atoms with Gasteiger partial charge in [-0.1, -0.05) is 6.07 Å². The van der Waals surface area contributed by atoms with E-state index in [2.05, 4.69) is 20.0 Å². The maximum absolute atomic E-state index is 7.54. The van der Waals surface area contributed by atoms with Crippen LogP contribution in [0, 0.1) is 12.3 Å². The highest BCUT2D eigenvalue weighted by molar-refractivity contribution is 8.00. The van der Waals surface area contributed by atoms with Gasteiger partial charge in [0, 0.05) is 49.4 Å². The van der Waals surface area contributed by atoms with Crippen LogP contribution in [-0.2, 0) is 0 Å². The largest absolute Gasteiger partial charge is 0.397 e. The van der Waals surface area contributed by atoms with Crippen molar-refractivity contribution in [3.8, 4) is 0 Å². The average molecular weight is 353 g/mol. The standard InChI is InChI=1S/C17H19N7S/c1-11-3-4-16-22-9-17(24(16)10-11)25-23-14-5-12(13(19)8-20-2)7-21-15(14)6-18/h3-10,18,20,23H,19H2,1-2H3/b13-8-,18-6?. The molecule has 0 bridgehead atoms. The zero-order valence-electron chi connectivity index (χ0n) is 13.9. The summed E-state index contributed by atoms with van der Waals surface area (Å²) in [6, 6.07) is 5.88. The molecule has 25 heavy (non-hydrogen) atoms. The lowest BCUT2D eigenvalue weighted by Crippen LogP contribution is -2.05. The van der Waals surface area contributed by atoms with E-state index in [1.54, 1.807) is 19.4 Å². The van der Waals surface area contributed by atoms with Crippen molar-refractivity contribution in [1.29, 1.82) is 5.41 Å². The molecular weight excluding hydrogens is 334 g/mol. The molecule has 0 amide bonds. The molecule has 3 rings (SSSR count). The van der Waals surface area contributed by atoms with Gasteiger partial charge >= 0.3 is 0 Å². The highest BCUT2D eigenvalue weighted by Crippen LogP contribution is 2.25. The Kier molecular flexibility index (Phi) is 4.90. The van der Waals surface area contributed by atoms with Gasteiger partial charge in [-0.2, -0.15) is 0 Å². The van der Waals surface area contributed by atoms with E-state index < -0.39 is 0 Å². The Bertz CT molecular complexity index is 945. The van der Waals surface area contributed by atoms with E-state index in [1.807, 2.05) is 41.9 Å². The first-order chi connectivity index (χ1) is 12.1. The quantitative estimate of drug-likeness (QED) is 0.401. The van der Waals surface area contributed by atoms with E-state index in [-0.39, 0.29) is 0 Å². The number of hydrogen-bond donors (Lipinski definition) is 4. The molecule has 0 spiro atoms. The van der Waals surface area contributed by atoms with Gasteiger partial charge in [0.05, 0.1) is 17.6 Å². The highest BCUT2D eigenvalue weighted by atomic mass is 32.2. The lowest BCUT2D eigenvalue weighted by molar-refractivity contribution is 1.04. The molecule has 0 atom stereocenters. The van der Waals surface area contributed by atoms with E-state index in [0.717, 1.165) is 21.8 Å². The minimum atomic E-state index is 0.540. The van der Waals surface area contributed by atoms with Crippen molar-refractivity contribution < 1.29 is 0 Å². The van der Waals surface area contributed by atoms with Crippen LogP contribution < -0.4 is 15.8 Å². The van der Waals surface area contributed by atoms with Crippen molar-refractivity contribution in [2.24, 2.45) is 5.73 Å². The van der Waals surface area contributed by atoms with Gasteiger partial charge in [0.2, 0.25) is 0 Å². The Balaban J connectivity index is 1.88. The summed E-state index contributed by atoms with van der Waals surface area (Å²) in [5.41, 5.74) is 10.6. The van der Waals surface area contributed by atoms with Crippen molar-refractivity contribution in [1.82, 2.24) is 19.7 Å². The summed E-state index contributed by atoms with van der Waals surface area (Å²) in [4.78, 5) is 8.68. The van der Waals surface area contributed by atoms with Crippen LogP contribution in [0.1, 0.15) is 16.8 Å². The first-order valence-corrected chi connectivity index (χ1v) is 8.44. The lowest BCUT2D eigenvalue weighted by Gasteiger charge is -2.10. The molecule has 128 valence electrons. The van der Waals surface area contributed by atoms with Crippen LogP contribution in [0.4, 0.5) is 5.69 Å². The first-order valence-electron chi connectivity index (χ1n) is 7.62. The third-order valence-electron chi connectivity index (χ3n) is 3.57. The molecule has 0 aliphatic heterocycles. The molecule has 0 aliphatic carbocycles. The molecule has 3 heterocycles. The van der Waals surface area contributed by atoms with Crippen molar-refractivity contribution >= 4 is 35.2 Å². The molecule has 0 unspecified atom stereocenters. The number of aryl methyl sites for hydroxylation is 1. The van der Waals surface area contributed by atoms with Gasteiger partial charge in [-0.3, -0.25) is 9.38 Å². The van der Waals surface area contributed by atoms with Crippen LogP contribution in [0.2, 0.25) is 0 Å². The normalized spacial score (nSPS) is 11.5. The maximum atomic E-state index is 7.54. The van der Waals surface area contributed by atoms with Crippen LogP contribution >= 0.6 is 11.9 Å². The monoisotopic (exact) mass is 353 g/mol. The van der Waals surface area contributed by atoms with Crippen LogP contribution in [0.15, 0.2) is 48.0 Å². The van der Waals surface area contributed by atoms with E-state index in [4.69, 9.17) is 11.1 Å². The molecule has 3 aromatic rings. The van der Waals surface area contributed by atoms with Crippen LogP contribution in [0.25, 0.3) is 11.3 Å². The predicted molar refractivity (Wildman–Crippen MR) is 103 cm³/mol. The van der Waals surface area contributed by atoms with Gasteiger partial charge in [-0.05, 0) is 24.6 Å². The lowest BCUT2D eigenvalue weighted by atomic mass is 10.2. The summed E-state index contributed by atoms with van der Waals surface area (Å²) in [7, 11) is 1.79. The van der Waals surface area contributed by atoms with Crippen LogP contribution in [-0.4, -0.2) is 27.6 Å². The van der Waals surface area contributed by atoms with E-state index in [9.17, 15) is 0 Å². The zero-order valence-corrected chi connectivity index (χ0v) is 14.8. The summed E-state index contributed by atoms with van der Waals surface area (Å²) in [6.07, 6.45) is 8.40. The van der Waals surface area contributed by atoms with Crippen LogP contribution in [0.5, 0.6) is 0 Å². The second-order valence-corrected chi connectivity index (χ2v) is 6.25. The summed E-state index contributed by atoms with van der Waals surface area (Å²) < 4.78 is 5.27. The summed E-state index contributed by atoms with van der Waals surface area (Å²) in [5, 5.41) is 11.4. The van der Waals surface area contributed by atoms with Crippen molar-refractivity contribution in [3.05, 3.63) is 59.8 Å². The number of imidazole rings is 1. The van der Waals surface area contributed by atoms with Crippen LogP contribution in [0.3, 0.4) is 0 Å². The minimum Gasteiger partial charge on any atom is -0.397 e. The second kappa shape index (κ2) is 7.27. The van der Waals surface area contributed by atoms with E-state index in [1.165, 1.54) is 18.2 Å². The molecule has 0 radical (unpaired) electrons. The van der Waals surface area contributed by atoms with Crippen molar-refractivity contribution in [3.63, 3.8) is 0 Å². The maximum Gasteiger partial charge on any atom is 0.137 e. The number of nitrogens with two attached hydrogens (primary N) is 1. The van der Waals surface area contributed by atoms with Crippen molar-refractivity contribution in [2.75, 3.05) is 11.8 Å². The number of fused-ring (bicyclic) bond motifs is 1. The SMILES string of the molecule is CN/C=C(\N)c1cnc(C=N)c(NSc2cnc3ccc(C)cn23)c1. The molecule has 3 aromatic heterocycles. The number of hydrogen-bond acceptors (Lipinski definition) is 7. The minimum absolute atomic E-state index is 0.540. The summed E-state index contributed by atoms with van der Waals surface area (Å²) in [6.45, 7) is 2.04. The first kappa shape index (κ1) is 16.8. The third kappa shape index (κ3) is 3.58. The molecule has 0 aromatic carbocycles. The predicted octanol–water partition coefficient (Wildman–Crippen LogP) is 2.63. The smallest absolute Gasteiger partial charge is 0.137 e. The van der Waals surface area contributed by atoms with E-state index in [0.29, 0.717) is 17.1 Å². The molecule has 0 aliphatic rings. The fourth-order valence-corrected chi connectivity index (χ4v) is 3.04. The molecule has 7 nitrogen and oxygen atoms in total. The topological polar surface area (TPSA) is 104 Å². The number of anilines is 1. The number of aromatic nitrogens is 3. The van der Waals surface area contributed by atoms with Gasteiger partial charge in [-0.25, -0.2) is 4.98 Å². The van der Waals surface area contributed by atoms with Gasteiger partial charge < -0.3 is 21.2 Å². The number of pyridine rings is 2. The Morgan fingerprint density at radius 3 is 2.92 bits per heavy atom. The highest BCUT2D eigenvalue weighted by Gasteiger charge is 2.09. The number of rotatable bonds is 6. The number of nitrogens with zero attached hydrogens (tertiary/aromatic N) is 3. The second-order valence-electron chi connectivity index (χ2n) is 5.42. The number of nitrogens with one attached hydrogen (secondary N) is 3. The van der Waals surface area contributed by atoms with Gasteiger partial charge in [0.15, 0.2) is 0 Å². The average Bonchev–Trinajstić information content (AvgIpc) is 3.02. The molecule has 8 heteroatoms. The molecule has 0 fully saturated rings. The van der Waals surface area contributed by atoms with E-state index >= 15 is 0 Å². The Morgan fingerprint density at radius 2 is 2.16 bits per heavy atom. The fourth-order valence-electron chi connectivity index (χ4n) is 2.32. The Morgan fingerprint density at radius 1 is 1.32 bits per heavy atom. The fraction of sp³-hybridized carbons (Fsp3) is 0.118. The van der Waals surface area contributed by atoms with Crippen molar-refractivity contribution in [2.45, 2.75) is 11.9 Å².